The molecule has 3 rings (SSSR count). The van der Waals surface area contributed by atoms with Crippen LogP contribution in [0.2, 0.25) is 0 Å². The van der Waals surface area contributed by atoms with Gasteiger partial charge in [-0.05, 0) is 58.7 Å². The molecule has 0 spiro atoms. The number of carbonyl (C=O) groups excluding carboxylic acids is 2. The van der Waals surface area contributed by atoms with Crippen molar-refractivity contribution in [3.05, 3.63) is 35.5 Å². The van der Waals surface area contributed by atoms with Crippen molar-refractivity contribution in [2.75, 3.05) is 30.8 Å². The zero-order valence-electron chi connectivity index (χ0n) is 23.4. The molecule has 2 aromatic heterocycles. The topological polar surface area (TPSA) is 121 Å². The van der Waals surface area contributed by atoms with Crippen molar-refractivity contribution in [2.24, 2.45) is 0 Å². The van der Waals surface area contributed by atoms with Crippen LogP contribution in [0.3, 0.4) is 0 Å². The number of thiazole rings is 1. The van der Waals surface area contributed by atoms with Crippen LogP contribution in [0.4, 0.5) is 22.2 Å². The number of ether oxygens (including phenoxy) is 1. The van der Waals surface area contributed by atoms with Crippen LogP contribution in [0, 0.1) is 11.8 Å². The smallest absolute Gasteiger partial charge is 0.410 e. The number of carbonyl (C=O) groups is 2. The first-order valence-electron chi connectivity index (χ1n) is 13.0. The first-order valence-corrected chi connectivity index (χ1v) is 13.9. The summed E-state index contributed by atoms with van der Waals surface area (Å²) in [5.74, 6) is 7.19. The highest BCUT2D eigenvalue weighted by molar-refractivity contribution is 7.16. The fourth-order valence-electron chi connectivity index (χ4n) is 3.34. The highest BCUT2D eigenvalue weighted by Gasteiger charge is 2.26. The van der Waals surface area contributed by atoms with Gasteiger partial charge >= 0.3 is 6.09 Å². The van der Waals surface area contributed by atoms with Crippen LogP contribution in [0.1, 0.15) is 59.4 Å². The van der Waals surface area contributed by atoms with E-state index >= 15 is 0 Å². The third-order valence-electron chi connectivity index (χ3n) is 5.56. The molecule has 2 amide bonds. The Bertz CT molecular complexity index is 1340. The molecule has 0 aliphatic heterocycles. The van der Waals surface area contributed by atoms with Gasteiger partial charge in [0.05, 0.1) is 27.5 Å². The van der Waals surface area contributed by atoms with Crippen molar-refractivity contribution in [3.63, 3.8) is 0 Å². The van der Waals surface area contributed by atoms with Crippen molar-refractivity contribution in [2.45, 2.75) is 65.5 Å². The van der Waals surface area contributed by atoms with Gasteiger partial charge in [-0.15, -0.1) is 11.3 Å². The van der Waals surface area contributed by atoms with Gasteiger partial charge in [-0.25, -0.2) is 14.8 Å². The summed E-state index contributed by atoms with van der Waals surface area (Å²) in [6.07, 6.45) is 3.36. The van der Waals surface area contributed by atoms with E-state index in [4.69, 9.17) is 4.74 Å². The first-order chi connectivity index (χ1) is 18.6. The van der Waals surface area contributed by atoms with E-state index in [1.807, 2.05) is 23.7 Å². The fourth-order valence-corrected chi connectivity index (χ4v) is 4.00. The van der Waals surface area contributed by atoms with Crippen LogP contribution < -0.4 is 16.0 Å². The minimum atomic E-state index is -0.647. The number of likely N-dealkylation sites (N-methyl/N-ethyl adjacent to an activating group) is 1. The molecule has 0 saturated carbocycles. The molecule has 10 nitrogen and oxygen atoms in total. The number of nitrogens with one attached hydrogen (secondary N) is 3. The highest BCUT2D eigenvalue weighted by atomic mass is 32.1. The van der Waals surface area contributed by atoms with Gasteiger partial charge in [0.1, 0.15) is 17.5 Å². The molecule has 0 unspecified atom stereocenters. The summed E-state index contributed by atoms with van der Waals surface area (Å²) in [5.41, 5.74) is 3.70. The molecule has 208 valence electrons. The molecule has 1 atom stereocenters. The summed E-state index contributed by atoms with van der Waals surface area (Å²) in [6, 6.07) is 5.32. The summed E-state index contributed by atoms with van der Waals surface area (Å²) in [4.78, 5) is 39.3. The Morgan fingerprint density at radius 2 is 2.00 bits per heavy atom. The second kappa shape index (κ2) is 13.8. The second-order valence-corrected chi connectivity index (χ2v) is 10.9. The van der Waals surface area contributed by atoms with Gasteiger partial charge in [-0.1, -0.05) is 18.8 Å². The standard InChI is InChI=1S/C28H37N7O3S/c1-7-14-29-24-20(17-31-26(34-24)33-21-12-13-23-22(16-21)32-18-39-23)11-9-8-10-15-30-25(36)19(2)35(6)27(37)38-28(3,4)5/h12-13,16-19H,7-8,10,14-15H2,1-6H3,(H,30,36)(H2,29,31,33,34)/t19-/m0/s1. The average Bonchev–Trinajstić information content (AvgIpc) is 3.36. The molecular formula is C28H37N7O3S. The van der Waals surface area contributed by atoms with Gasteiger partial charge in [0.15, 0.2) is 0 Å². The predicted octanol–water partition coefficient (Wildman–Crippen LogP) is 5.16. The number of benzene rings is 1. The molecule has 3 N–H and O–H groups in total. The van der Waals surface area contributed by atoms with Crippen molar-refractivity contribution in [1.82, 2.24) is 25.2 Å². The summed E-state index contributed by atoms with van der Waals surface area (Å²) >= 11 is 1.60. The Morgan fingerprint density at radius 3 is 2.74 bits per heavy atom. The third kappa shape index (κ3) is 9.11. The lowest BCUT2D eigenvalue weighted by Crippen LogP contribution is -2.47. The molecule has 3 aromatic rings. The van der Waals surface area contributed by atoms with Crippen LogP contribution in [-0.2, 0) is 9.53 Å². The van der Waals surface area contributed by atoms with Crippen molar-refractivity contribution in [3.8, 4) is 11.8 Å². The predicted molar refractivity (Wildman–Crippen MR) is 156 cm³/mol. The molecule has 0 aliphatic carbocycles. The number of nitrogens with zero attached hydrogens (tertiary/aromatic N) is 4. The number of fused-ring (bicyclic) bond motifs is 1. The number of rotatable bonds is 10. The molecule has 0 aliphatic rings. The number of unbranched alkanes of at least 4 members (excludes halogenated alkanes) is 1. The lowest BCUT2D eigenvalue weighted by Gasteiger charge is -2.28. The summed E-state index contributed by atoms with van der Waals surface area (Å²) in [5, 5.41) is 9.42. The molecular weight excluding hydrogens is 514 g/mol. The lowest BCUT2D eigenvalue weighted by atomic mass is 10.2. The summed E-state index contributed by atoms with van der Waals surface area (Å²) in [7, 11) is 1.55. The molecule has 39 heavy (non-hydrogen) atoms. The molecule has 11 heteroatoms. The van der Waals surface area contributed by atoms with Crippen LogP contribution >= 0.6 is 11.3 Å². The summed E-state index contributed by atoms with van der Waals surface area (Å²) < 4.78 is 6.45. The average molecular weight is 552 g/mol. The Hall–Kier alpha value is -3.91. The van der Waals surface area contributed by atoms with Crippen molar-refractivity contribution < 1.29 is 14.3 Å². The van der Waals surface area contributed by atoms with Gasteiger partial charge in [0.25, 0.3) is 0 Å². The highest BCUT2D eigenvalue weighted by Crippen LogP contribution is 2.24. The lowest BCUT2D eigenvalue weighted by molar-refractivity contribution is -0.125. The molecule has 0 fully saturated rings. The molecule has 0 bridgehead atoms. The van der Waals surface area contributed by atoms with Crippen molar-refractivity contribution in [1.29, 1.82) is 0 Å². The third-order valence-corrected chi connectivity index (χ3v) is 6.37. The number of hydrogen-bond donors (Lipinski definition) is 3. The SMILES string of the molecule is CCCNc1nc(Nc2ccc3scnc3c2)ncc1C#CCCCNC(=O)[C@H](C)N(C)C(=O)OC(C)(C)C. The van der Waals surface area contributed by atoms with Gasteiger partial charge in [0, 0.05) is 32.2 Å². The summed E-state index contributed by atoms with van der Waals surface area (Å²) in [6.45, 7) is 10.3. The molecule has 0 radical (unpaired) electrons. The Balaban J connectivity index is 1.52. The minimum Gasteiger partial charge on any atom is -0.444 e. The Kier molecular flexibility index (Phi) is 10.5. The zero-order chi connectivity index (χ0) is 28.4. The van der Waals surface area contributed by atoms with E-state index in [-0.39, 0.29) is 5.91 Å². The molecule has 2 heterocycles. The van der Waals surface area contributed by atoms with Gasteiger partial charge in [-0.3, -0.25) is 9.69 Å². The van der Waals surface area contributed by atoms with Crippen LogP contribution in [0.15, 0.2) is 29.9 Å². The van der Waals surface area contributed by atoms with Gasteiger partial charge < -0.3 is 20.7 Å². The monoisotopic (exact) mass is 551 g/mol. The van der Waals surface area contributed by atoms with E-state index in [0.29, 0.717) is 36.7 Å². The Labute approximate surface area is 234 Å². The number of anilines is 3. The fraction of sp³-hybridized carbons (Fsp3) is 0.464. The van der Waals surface area contributed by atoms with Gasteiger partial charge in [-0.2, -0.15) is 4.98 Å². The van der Waals surface area contributed by atoms with E-state index in [0.717, 1.165) is 28.9 Å². The van der Waals surface area contributed by atoms with Crippen LogP contribution in [-0.4, -0.2) is 63.6 Å². The normalized spacial score (nSPS) is 11.7. The van der Waals surface area contributed by atoms with E-state index < -0.39 is 17.7 Å². The Morgan fingerprint density at radius 1 is 1.21 bits per heavy atom. The van der Waals surface area contributed by atoms with Gasteiger partial charge in [0.2, 0.25) is 11.9 Å². The maximum atomic E-state index is 12.4. The van der Waals surface area contributed by atoms with Crippen molar-refractivity contribution >= 4 is 51.0 Å². The van der Waals surface area contributed by atoms with E-state index in [1.165, 1.54) is 4.90 Å². The maximum absolute atomic E-state index is 12.4. The van der Waals surface area contributed by atoms with E-state index in [2.05, 4.69) is 49.7 Å². The molecule has 1 aromatic carbocycles. The molecule has 0 saturated heterocycles. The maximum Gasteiger partial charge on any atom is 0.410 e. The largest absolute Gasteiger partial charge is 0.444 e. The second-order valence-electron chi connectivity index (χ2n) is 10.0. The number of hydrogen-bond acceptors (Lipinski definition) is 9. The minimum absolute atomic E-state index is 0.243. The first kappa shape index (κ1) is 29.6. The van der Waals surface area contributed by atoms with E-state index in [9.17, 15) is 9.59 Å². The van der Waals surface area contributed by atoms with Crippen LogP contribution in [0.25, 0.3) is 10.2 Å². The van der Waals surface area contributed by atoms with Crippen LogP contribution in [0.5, 0.6) is 0 Å². The number of aromatic nitrogens is 3. The quantitative estimate of drug-likeness (QED) is 0.234. The zero-order valence-corrected chi connectivity index (χ0v) is 24.2. The van der Waals surface area contributed by atoms with E-state index in [1.54, 1.807) is 52.3 Å². The number of amides is 2.